The Morgan fingerprint density at radius 1 is 1.43 bits per heavy atom. The fourth-order valence-corrected chi connectivity index (χ4v) is 2.05. The van der Waals surface area contributed by atoms with Crippen LogP contribution in [0.2, 0.25) is 0 Å². The highest BCUT2D eigenvalue weighted by Gasteiger charge is 2.04. The molecule has 1 aromatic rings. The minimum atomic E-state index is 0.796. The highest BCUT2D eigenvalue weighted by atomic mass is 79.9. The highest BCUT2D eigenvalue weighted by molar-refractivity contribution is 9.10. The molecule has 0 saturated carbocycles. The predicted octanol–water partition coefficient (Wildman–Crippen LogP) is 3.27. The van der Waals surface area contributed by atoms with Gasteiger partial charge in [0.2, 0.25) is 0 Å². The van der Waals surface area contributed by atoms with Crippen LogP contribution >= 0.6 is 15.9 Å². The first kappa shape index (κ1) is 11.4. The summed E-state index contributed by atoms with van der Waals surface area (Å²) in [5, 5.41) is 0. The molecule has 0 fully saturated rings. The van der Waals surface area contributed by atoms with Crippen molar-refractivity contribution in [1.29, 1.82) is 0 Å². The summed E-state index contributed by atoms with van der Waals surface area (Å²) >= 11 is 3.52. The molecule has 0 atom stereocenters. The number of hydrogen-bond acceptors (Lipinski definition) is 2. The van der Waals surface area contributed by atoms with E-state index in [4.69, 9.17) is 5.73 Å². The van der Waals surface area contributed by atoms with Crippen LogP contribution in [0.5, 0.6) is 0 Å². The van der Waals surface area contributed by atoms with Gasteiger partial charge < -0.3 is 10.6 Å². The molecule has 0 amide bonds. The van der Waals surface area contributed by atoms with Gasteiger partial charge in [0, 0.05) is 23.8 Å². The Morgan fingerprint density at radius 3 is 2.71 bits per heavy atom. The Morgan fingerprint density at radius 2 is 2.14 bits per heavy atom. The number of nitrogens with zero attached hydrogens (tertiary/aromatic N) is 1. The van der Waals surface area contributed by atoms with E-state index in [1.807, 2.05) is 12.1 Å². The summed E-state index contributed by atoms with van der Waals surface area (Å²) in [5.41, 5.74) is 7.68. The number of halogens is 1. The van der Waals surface area contributed by atoms with Gasteiger partial charge in [-0.25, -0.2) is 0 Å². The number of hydrogen-bond donors (Lipinski definition) is 1. The van der Waals surface area contributed by atoms with Gasteiger partial charge >= 0.3 is 0 Å². The van der Waals surface area contributed by atoms with Crippen molar-refractivity contribution >= 4 is 27.3 Å². The summed E-state index contributed by atoms with van der Waals surface area (Å²) in [6, 6.07) is 5.93. The van der Waals surface area contributed by atoms with Crippen molar-refractivity contribution in [2.75, 3.05) is 24.2 Å². The van der Waals surface area contributed by atoms with Crippen molar-refractivity contribution in [2.45, 2.75) is 19.8 Å². The lowest BCUT2D eigenvalue weighted by molar-refractivity contribution is 0.766. The fourth-order valence-electron chi connectivity index (χ4n) is 1.35. The van der Waals surface area contributed by atoms with Gasteiger partial charge in [-0.3, -0.25) is 0 Å². The summed E-state index contributed by atoms with van der Waals surface area (Å²) in [6.07, 6.45) is 2.43. The summed E-state index contributed by atoms with van der Waals surface area (Å²) < 4.78 is 1.07. The monoisotopic (exact) mass is 256 g/mol. The van der Waals surface area contributed by atoms with Crippen LogP contribution in [-0.2, 0) is 0 Å². The van der Waals surface area contributed by atoms with E-state index in [0.717, 1.165) is 16.7 Å². The van der Waals surface area contributed by atoms with E-state index in [1.54, 1.807) is 0 Å². The summed E-state index contributed by atoms with van der Waals surface area (Å²) in [5.74, 6) is 0. The Bertz CT molecular complexity index is 299. The van der Waals surface area contributed by atoms with Gasteiger partial charge in [0.15, 0.2) is 0 Å². The van der Waals surface area contributed by atoms with Gasteiger partial charge in [-0.05, 0) is 40.5 Å². The molecule has 0 aliphatic heterocycles. The predicted molar refractivity (Wildman–Crippen MR) is 66.7 cm³/mol. The lowest BCUT2D eigenvalue weighted by Gasteiger charge is -2.20. The van der Waals surface area contributed by atoms with E-state index in [1.165, 1.54) is 18.5 Å². The number of rotatable bonds is 4. The molecule has 0 aliphatic rings. The smallest absolute Gasteiger partial charge is 0.0509 e. The molecule has 2 N–H and O–H groups in total. The lowest BCUT2D eigenvalue weighted by Crippen LogP contribution is -2.18. The van der Waals surface area contributed by atoms with Crippen LogP contribution in [0.3, 0.4) is 0 Å². The van der Waals surface area contributed by atoms with Gasteiger partial charge in [0.25, 0.3) is 0 Å². The van der Waals surface area contributed by atoms with Crippen molar-refractivity contribution < 1.29 is 0 Å². The van der Waals surface area contributed by atoms with Crippen molar-refractivity contribution in [3.63, 3.8) is 0 Å². The largest absolute Gasteiger partial charge is 0.399 e. The second-order valence-electron chi connectivity index (χ2n) is 3.49. The molecule has 3 heteroatoms. The lowest BCUT2D eigenvalue weighted by atomic mass is 10.2. The van der Waals surface area contributed by atoms with Gasteiger partial charge in [0.1, 0.15) is 0 Å². The third-order valence-corrected chi connectivity index (χ3v) is 2.87. The summed E-state index contributed by atoms with van der Waals surface area (Å²) in [4.78, 5) is 2.24. The zero-order valence-corrected chi connectivity index (χ0v) is 10.3. The van der Waals surface area contributed by atoms with E-state index >= 15 is 0 Å². The minimum Gasteiger partial charge on any atom is -0.399 e. The first-order valence-electron chi connectivity index (χ1n) is 4.91. The molecule has 14 heavy (non-hydrogen) atoms. The molecule has 0 aliphatic carbocycles. The third-order valence-electron chi connectivity index (χ3n) is 2.23. The molecule has 0 bridgehead atoms. The molecular formula is C11H17BrN2. The zero-order valence-electron chi connectivity index (χ0n) is 8.76. The van der Waals surface area contributed by atoms with E-state index in [-0.39, 0.29) is 0 Å². The molecule has 1 aromatic carbocycles. The van der Waals surface area contributed by atoms with Crippen LogP contribution < -0.4 is 10.6 Å². The first-order chi connectivity index (χ1) is 6.65. The summed E-state index contributed by atoms with van der Waals surface area (Å²) in [6.45, 7) is 3.28. The first-order valence-corrected chi connectivity index (χ1v) is 5.70. The van der Waals surface area contributed by atoms with Crippen molar-refractivity contribution in [1.82, 2.24) is 0 Å². The van der Waals surface area contributed by atoms with Gasteiger partial charge in [-0.1, -0.05) is 13.3 Å². The Kier molecular flexibility index (Phi) is 4.26. The van der Waals surface area contributed by atoms with Gasteiger partial charge in [-0.15, -0.1) is 0 Å². The Balaban J connectivity index is 2.74. The number of nitrogen functional groups attached to an aromatic ring is 1. The Hall–Kier alpha value is -0.700. The Labute approximate surface area is 94.2 Å². The van der Waals surface area contributed by atoms with Crippen molar-refractivity contribution in [3.05, 3.63) is 22.7 Å². The second kappa shape index (κ2) is 5.25. The van der Waals surface area contributed by atoms with E-state index in [2.05, 4.69) is 40.9 Å². The van der Waals surface area contributed by atoms with E-state index in [0.29, 0.717) is 0 Å². The zero-order chi connectivity index (χ0) is 10.6. The minimum absolute atomic E-state index is 0.796. The highest BCUT2D eigenvalue weighted by Crippen LogP contribution is 2.27. The van der Waals surface area contributed by atoms with E-state index in [9.17, 15) is 0 Å². The molecule has 78 valence electrons. The van der Waals surface area contributed by atoms with Crippen LogP contribution in [-0.4, -0.2) is 13.6 Å². The maximum atomic E-state index is 5.68. The van der Waals surface area contributed by atoms with Crippen molar-refractivity contribution in [2.24, 2.45) is 0 Å². The number of unbranched alkanes of at least 4 members (excludes halogenated alkanes) is 1. The third kappa shape index (κ3) is 2.91. The maximum absolute atomic E-state index is 5.68. The molecular weight excluding hydrogens is 240 g/mol. The molecule has 2 nitrogen and oxygen atoms in total. The second-order valence-corrected chi connectivity index (χ2v) is 4.34. The van der Waals surface area contributed by atoms with Gasteiger partial charge in [-0.2, -0.15) is 0 Å². The summed E-state index contributed by atoms with van der Waals surface area (Å²) in [7, 11) is 2.10. The number of anilines is 2. The van der Waals surface area contributed by atoms with Crippen LogP contribution in [0.4, 0.5) is 11.4 Å². The fraction of sp³-hybridized carbons (Fsp3) is 0.455. The van der Waals surface area contributed by atoms with Crippen LogP contribution in [0.1, 0.15) is 19.8 Å². The molecule has 1 rings (SSSR count). The molecule has 0 radical (unpaired) electrons. The molecule has 0 spiro atoms. The van der Waals surface area contributed by atoms with Crippen LogP contribution in [0.25, 0.3) is 0 Å². The molecule has 0 aromatic heterocycles. The number of nitrogens with two attached hydrogens (primary N) is 1. The number of benzene rings is 1. The quantitative estimate of drug-likeness (QED) is 0.839. The SMILES string of the molecule is CCCCN(C)c1ccc(N)cc1Br. The topological polar surface area (TPSA) is 29.3 Å². The van der Waals surface area contributed by atoms with Crippen LogP contribution in [0.15, 0.2) is 22.7 Å². The maximum Gasteiger partial charge on any atom is 0.0509 e. The standard InChI is InChI=1S/C11H17BrN2/c1-3-4-7-14(2)11-6-5-9(13)8-10(11)12/h5-6,8H,3-4,7,13H2,1-2H3. The average molecular weight is 257 g/mol. The molecule has 0 saturated heterocycles. The molecule has 0 heterocycles. The average Bonchev–Trinajstić information content (AvgIpc) is 2.14. The normalized spacial score (nSPS) is 10.2. The van der Waals surface area contributed by atoms with Crippen LogP contribution in [0, 0.1) is 0 Å². The van der Waals surface area contributed by atoms with E-state index < -0.39 is 0 Å². The van der Waals surface area contributed by atoms with Gasteiger partial charge in [0.05, 0.1) is 5.69 Å². The molecule has 0 unspecified atom stereocenters. The van der Waals surface area contributed by atoms with Crippen molar-refractivity contribution in [3.8, 4) is 0 Å².